The van der Waals surface area contributed by atoms with Crippen LogP contribution in [-0.2, 0) is 6.54 Å². The van der Waals surface area contributed by atoms with Gasteiger partial charge in [-0.1, -0.05) is 30.3 Å². The van der Waals surface area contributed by atoms with Gasteiger partial charge < -0.3 is 9.67 Å². The van der Waals surface area contributed by atoms with Gasteiger partial charge in [-0.3, -0.25) is 9.59 Å². The first-order valence-electron chi connectivity index (χ1n) is 6.20. The molecular formula is C15H15NO3S. The molecule has 1 N–H and O–H groups in total. The van der Waals surface area contributed by atoms with E-state index >= 15 is 0 Å². The molecule has 104 valence electrons. The standard InChI is InChI=1S/C15H15NO3S/c1-3-16-12(18)9-11(17)13(15(16)20-2)14(19)10-7-5-4-6-8-10/h4-9,17H,3H2,1-2H3. The Bertz CT molecular complexity index is 692. The van der Waals surface area contributed by atoms with Crippen molar-refractivity contribution >= 4 is 17.5 Å². The molecule has 0 aliphatic heterocycles. The number of carbonyl (C=O) groups excluding carboxylic acids is 1. The molecule has 0 radical (unpaired) electrons. The number of aromatic hydroxyl groups is 1. The third-order valence-electron chi connectivity index (χ3n) is 3.01. The molecule has 0 saturated heterocycles. The smallest absolute Gasteiger partial charge is 0.255 e. The van der Waals surface area contributed by atoms with Crippen molar-refractivity contribution in [2.75, 3.05) is 6.26 Å². The molecular weight excluding hydrogens is 274 g/mol. The molecule has 5 heteroatoms. The number of thioether (sulfide) groups is 1. The maximum absolute atomic E-state index is 12.5. The number of hydrogen-bond donors (Lipinski definition) is 1. The Kier molecular flexibility index (Phi) is 4.29. The van der Waals surface area contributed by atoms with Crippen LogP contribution in [-0.4, -0.2) is 21.7 Å². The Labute approximate surface area is 121 Å². The summed E-state index contributed by atoms with van der Waals surface area (Å²) >= 11 is 1.28. The van der Waals surface area contributed by atoms with E-state index in [0.29, 0.717) is 17.1 Å². The number of carbonyl (C=O) groups is 1. The van der Waals surface area contributed by atoms with Crippen molar-refractivity contribution in [3.8, 4) is 5.75 Å². The summed E-state index contributed by atoms with van der Waals surface area (Å²) in [6.45, 7) is 2.28. The van der Waals surface area contributed by atoms with Crippen LogP contribution >= 0.6 is 11.8 Å². The zero-order chi connectivity index (χ0) is 14.7. The van der Waals surface area contributed by atoms with Crippen LogP contribution in [0.5, 0.6) is 5.75 Å². The molecule has 0 aliphatic carbocycles. The Hall–Kier alpha value is -2.01. The van der Waals surface area contributed by atoms with Gasteiger partial charge >= 0.3 is 0 Å². The van der Waals surface area contributed by atoms with E-state index in [-0.39, 0.29) is 22.7 Å². The molecule has 0 unspecified atom stereocenters. The third kappa shape index (κ3) is 2.49. The van der Waals surface area contributed by atoms with E-state index in [1.165, 1.54) is 16.3 Å². The van der Waals surface area contributed by atoms with Crippen molar-refractivity contribution in [2.45, 2.75) is 18.5 Å². The monoisotopic (exact) mass is 289 g/mol. The number of aromatic nitrogens is 1. The van der Waals surface area contributed by atoms with Gasteiger partial charge in [0.15, 0.2) is 5.78 Å². The maximum atomic E-state index is 12.5. The van der Waals surface area contributed by atoms with Crippen LogP contribution in [0.1, 0.15) is 22.8 Å². The van der Waals surface area contributed by atoms with Gasteiger partial charge in [-0.2, -0.15) is 0 Å². The summed E-state index contributed by atoms with van der Waals surface area (Å²) in [5.74, 6) is -0.549. The van der Waals surface area contributed by atoms with Crippen molar-refractivity contribution in [3.63, 3.8) is 0 Å². The molecule has 1 aromatic heterocycles. The fourth-order valence-corrected chi connectivity index (χ4v) is 2.91. The zero-order valence-electron chi connectivity index (χ0n) is 11.3. The second-order valence-corrected chi connectivity index (χ2v) is 4.99. The fourth-order valence-electron chi connectivity index (χ4n) is 2.07. The molecule has 4 nitrogen and oxygen atoms in total. The van der Waals surface area contributed by atoms with E-state index in [4.69, 9.17) is 0 Å². The Balaban J connectivity index is 2.68. The molecule has 20 heavy (non-hydrogen) atoms. The van der Waals surface area contributed by atoms with Gasteiger partial charge in [0.2, 0.25) is 0 Å². The summed E-state index contributed by atoms with van der Waals surface area (Å²) in [6.07, 6.45) is 1.78. The predicted molar refractivity (Wildman–Crippen MR) is 79.7 cm³/mol. The molecule has 0 spiro atoms. The zero-order valence-corrected chi connectivity index (χ0v) is 12.1. The van der Waals surface area contributed by atoms with Crippen LogP contribution in [0.4, 0.5) is 0 Å². The second-order valence-electron chi connectivity index (χ2n) is 4.19. The van der Waals surface area contributed by atoms with Gasteiger partial charge in [0.05, 0.1) is 10.6 Å². The minimum atomic E-state index is -0.307. The van der Waals surface area contributed by atoms with Crippen molar-refractivity contribution < 1.29 is 9.90 Å². The van der Waals surface area contributed by atoms with Gasteiger partial charge in [-0.15, -0.1) is 11.8 Å². The molecule has 1 heterocycles. The van der Waals surface area contributed by atoms with Gasteiger partial charge in [0.1, 0.15) is 5.75 Å². The molecule has 0 amide bonds. The second kappa shape index (κ2) is 5.96. The fraction of sp³-hybridized carbons (Fsp3) is 0.200. The van der Waals surface area contributed by atoms with E-state index in [1.54, 1.807) is 30.5 Å². The first-order valence-corrected chi connectivity index (χ1v) is 7.43. The normalized spacial score (nSPS) is 10.5. The summed E-state index contributed by atoms with van der Waals surface area (Å²) in [7, 11) is 0. The third-order valence-corrected chi connectivity index (χ3v) is 3.83. The average molecular weight is 289 g/mol. The van der Waals surface area contributed by atoms with Crippen LogP contribution in [0.2, 0.25) is 0 Å². The molecule has 2 aromatic rings. The molecule has 0 saturated carbocycles. The lowest BCUT2D eigenvalue weighted by Crippen LogP contribution is -2.23. The van der Waals surface area contributed by atoms with Crippen molar-refractivity contribution in [1.29, 1.82) is 0 Å². The van der Waals surface area contributed by atoms with E-state index in [9.17, 15) is 14.7 Å². The number of benzene rings is 1. The first kappa shape index (κ1) is 14.4. The highest BCUT2D eigenvalue weighted by Gasteiger charge is 2.21. The summed E-state index contributed by atoms with van der Waals surface area (Å²) < 4.78 is 1.49. The maximum Gasteiger partial charge on any atom is 0.255 e. The van der Waals surface area contributed by atoms with E-state index < -0.39 is 0 Å². The van der Waals surface area contributed by atoms with Crippen LogP contribution in [0.25, 0.3) is 0 Å². The van der Waals surface area contributed by atoms with Crippen molar-refractivity contribution in [1.82, 2.24) is 4.57 Å². The van der Waals surface area contributed by atoms with E-state index in [0.717, 1.165) is 6.07 Å². The topological polar surface area (TPSA) is 59.3 Å². The quantitative estimate of drug-likeness (QED) is 0.694. The lowest BCUT2D eigenvalue weighted by Gasteiger charge is -2.14. The number of hydrogen-bond acceptors (Lipinski definition) is 4. The number of nitrogens with zero attached hydrogens (tertiary/aromatic N) is 1. The Morgan fingerprint density at radius 1 is 1.30 bits per heavy atom. The molecule has 0 fully saturated rings. The molecule has 1 aromatic carbocycles. The molecule has 0 aliphatic rings. The minimum Gasteiger partial charge on any atom is -0.507 e. The van der Waals surface area contributed by atoms with Gasteiger partial charge in [0.25, 0.3) is 5.56 Å². The average Bonchev–Trinajstić information content (AvgIpc) is 2.46. The van der Waals surface area contributed by atoms with Crippen LogP contribution in [0.15, 0.2) is 46.2 Å². The Morgan fingerprint density at radius 3 is 2.50 bits per heavy atom. The van der Waals surface area contributed by atoms with Crippen LogP contribution < -0.4 is 5.56 Å². The minimum absolute atomic E-state index is 0.185. The summed E-state index contributed by atoms with van der Waals surface area (Å²) in [5, 5.41) is 10.5. The van der Waals surface area contributed by atoms with E-state index in [1.807, 2.05) is 13.0 Å². The SMILES string of the molecule is CCn1c(SC)c(C(=O)c2ccccc2)c(O)cc1=O. The van der Waals surface area contributed by atoms with Crippen LogP contribution in [0.3, 0.4) is 0 Å². The number of ketones is 1. The van der Waals surface area contributed by atoms with E-state index in [2.05, 4.69) is 0 Å². The lowest BCUT2D eigenvalue weighted by atomic mass is 10.0. The molecule has 2 rings (SSSR count). The van der Waals surface area contributed by atoms with Gasteiger partial charge in [-0.05, 0) is 13.2 Å². The van der Waals surface area contributed by atoms with Crippen LogP contribution in [0, 0.1) is 0 Å². The number of rotatable bonds is 4. The summed E-state index contributed by atoms with van der Waals surface area (Å²) in [4.78, 5) is 24.4. The number of pyridine rings is 1. The summed E-state index contributed by atoms with van der Waals surface area (Å²) in [5.41, 5.74) is 0.364. The lowest BCUT2D eigenvalue weighted by molar-refractivity contribution is 0.103. The summed E-state index contributed by atoms with van der Waals surface area (Å²) in [6, 6.07) is 9.82. The molecule has 0 bridgehead atoms. The highest BCUT2D eigenvalue weighted by atomic mass is 32.2. The highest BCUT2D eigenvalue weighted by molar-refractivity contribution is 7.98. The molecule has 0 atom stereocenters. The largest absolute Gasteiger partial charge is 0.507 e. The highest BCUT2D eigenvalue weighted by Crippen LogP contribution is 2.28. The predicted octanol–water partition coefficient (Wildman–Crippen LogP) is 2.53. The first-order chi connectivity index (χ1) is 9.60. The van der Waals surface area contributed by atoms with Crippen molar-refractivity contribution in [2.24, 2.45) is 0 Å². The van der Waals surface area contributed by atoms with Gasteiger partial charge in [-0.25, -0.2) is 0 Å². The van der Waals surface area contributed by atoms with Crippen molar-refractivity contribution in [3.05, 3.63) is 57.9 Å². The van der Waals surface area contributed by atoms with Gasteiger partial charge in [0, 0.05) is 18.2 Å². The Morgan fingerprint density at radius 2 is 1.95 bits per heavy atom.